The van der Waals surface area contributed by atoms with E-state index in [-0.39, 0.29) is 12.2 Å². The van der Waals surface area contributed by atoms with Gasteiger partial charge in [-0.2, -0.15) is 0 Å². The van der Waals surface area contributed by atoms with Crippen LogP contribution in [0.25, 0.3) is 0 Å². The van der Waals surface area contributed by atoms with Crippen molar-refractivity contribution in [3.63, 3.8) is 0 Å². The lowest BCUT2D eigenvalue weighted by Gasteiger charge is -2.15. The molecule has 2 unspecified atom stereocenters. The molecule has 1 aliphatic heterocycles. The van der Waals surface area contributed by atoms with Gasteiger partial charge in [0.2, 0.25) is 0 Å². The van der Waals surface area contributed by atoms with E-state index in [1.807, 2.05) is 0 Å². The maximum absolute atomic E-state index is 13.4. The number of rotatable bonds is 2. The first kappa shape index (κ1) is 11.0. The van der Waals surface area contributed by atoms with Crippen molar-refractivity contribution in [3.05, 3.63) is 35.4 Å². The molecule has 0 bridgehead atoms. The van der Waals surface area contributed by atoms with Gasteiger partial charge in [0.25, 0.3) is 0 Å². The van der Waals surface area contributed by atoms with Crippen LogP contribution in [0.5, 0.6) is 0 Å². The Morgan fingerprint density at radius 1 is 1.44 bits per heavy atom. The fraction of sp³-hybridized carbons (Fsp3) is 0.364. The van der Waals surface area contributed by atoms with Crippen LogP contribution < -0.4 is 0 Å². The highest BCUT2D eigenvalue weighted by molar-refractivity contribution is 5.71. The van der Waals surface area contributed by atoms with E-state index in [9.17, 15) is 13.6 Å². The molecule has 2 atom stereocenters. The largest absolute Gasteiger partial charge is 0.481 e. The van der Waals surface area contributed by atoms with Gasteiger partial charge in [0, 0.05) is 12.2 Å². The summed E-state index contributed by atoms with van der Waals surface area (Å²) in [6, 6.07) is 2.95. The number of carboxylic acid groups (broad SMARTS) is 1. The molecule has 1 aromatic carbocycles. The average Bonchev–Trinajstić information content (AvgIpc) is 2.70. The van der Waals surface area contributed by atoms with Crippen molar-refractivity contribution in [1.82, 2.24) is 0 Å². The molecule has 1 saturated heterocycles. The zero-order chi connectivity index (χ0) is 11.7. The van der Waals surface area contributed by atoms with Crippen LogP contribution in [0.1, 0.15) is 18.1 Å². The van der Waals surface area contributed by atoms with E-state index < -0.39 is 29.6 Å². The quantitative estimate of drug-likeness (QED) is 0.843. The summed E-state index contributed by atoms with van der Waals surface area (Å²) in [7, 11) is 0. The van der Waals surface area contributed by atoms with Crippen LogP contribution in [-0.2, 0) is 9.53 Å². The fourth-order valence-corrected chi connectivity index (χ4v) is 1.88. The standard InChI is InChI=1S/C11H10F2O3/c12-6-1-2-9(13)8(5-6)10-7(11(14)15)3-4-16-10/h1-2,5,7,10H,3-4H2,(H,14,15). The van der Waals surface area contributed by atoms with Gasteiger partial charge in [0.05, 0.1) is 12.0 Å². The molecule has 0 aromatic heterocycles. The van der Waals surface area contributed by atoms with Crippen LogP contribution in [0.2, 0.25) is 0 Å². The van der Waals surface area contributed by atoms with Gasteiger partial charge in [0.15, 0.2) is 0 Å². The van der Waals surface area contributed by atoms with Gasteiger partial charge in [-0.05, 0) is 24.6 Å². The second kappa shape index (κ2) is 4.17. The predicted molar refractivity (Wildman–Crippen MR) is 50.8 cm³/mol. The van der Waals surface area contributed by atoms with Crippen LogP contribution in [0, 0.1) is 17.6 Å². The average molecular weight is 228 g/mol. The van der Waals surface area contributed by atoms with Gasteiger partial charge < -0.3 is 9.84 Å². The number of ether oxygens (including phenoxy) is 1. The minimum atomic E-state index is -1.05. The SMILES string of the molecule is O=C(O)C1CCOC1c1cc(F)ccc1F. The van der Waals surface area contributed by atoms with Gasteiger partial charge in [-0.1, -0.05) is 0 Å². The zero-order valence-electron chi connectivity index (χ0n) is 8.32. The number of carboxylic acids is 1. The van der Waals surface area contributed by atoms with Crippen molar-refractivity contribution in [2.75, 3.05) is 6.61 Å². The third-order valence-electron chi connectivity index (χ3n) is 2.67. The molecule has 2 rings (SSSR count). The molecule has 1 heterocycles. The predicted octanol–water partition coefficient (Wildman–Crippen LogP) is 2.13. The molecule has 86 valence electrons. The van der Waals surface area contributed by atoms with E-state index in [0.29, 0.717) is 6.42 Å². The summed E-state index contributed by atoms with van der Waals surface area (Å²) in [5, 5.41) is 8.91. The molecule has 0 aliphatic carbocycles. The summed E-state index contributed by atoms with van der Waals surface area (Å²) >= 11 is 0. The maximum atomic E-state index is 13.4. The Balaban J connectivity index is 2.35. The highest BCUT2D eigenvalue weighted by Gasteiger charge is 2.36. The summed E-state index contributed by atoms with van der Waals surface area (Å²) in [6.45, 7) is 0.248. The van der Waals surface area contributed by atoms with Crippen molar-refractivity contribution < 1.29 is 23.4 Å². The molecule has 0 spiro atoms. The van der Waals surface area contributed by atoms with Crippen molar-refractivity contribution in [2.45, 2.75) is 12.5 Å². The molecule has 1 N–H and O–H groups in total. The summed E-state index contributed by atoms with van der Waals surface area (Å²) in [4.78, 5) is 10.9. The Hall–Kier alpha value is -1.49. The van der Waals surface area contributed by atoms with Gasteiger partial charge in [-0.3, -0.25) is 4.79 Å². The minimum Gasteiger partial charge on any atom is -0.481 e. The third kappa shape index (κ3) is 1.90. The molecule has 0 saturated carbocycles. The first-order valence-corrected chi connectivity index (χ1v) is 4.89. The van der Waals surface area contributed by atoms with Crippen molar-refractivity contribution in [3.8, 4) is 0 Å². The zero-order valence-corrected chi connectivity index (χ0v) is 8.32. The molecule has 5 heteroatoms. The molecule has 1 fully saturated rings. The normalized spacial score (nSPS) is 24.6. The first-order chi connectivity index (χ1) is 7.59. The number of halogens is 2. The van der Waals surface area contributed by atoms with Gasteiger partial charge >= 0.3 is 5.97 Å². The molecule has 16 heavy (non-hydrogen) atoms. The van der Waals surface area contributed by atoms with Crippen LogP contribution in [0.3, 0.4) is 0 Å². The summed E-state index contributed by atoms with van der Waals surface area (Å²) in [5.41, 5.74) is -0.0232. The monoisotopic (exact) mass is 228 g/mol. The maximum Gasteiger partial charge on any atom is 0.309 e. The Labute approximate surface area is 90.7 Å². The van der Waals surface area contributed by atoms with Gasteiger partial charge in [-0.25, -0.2) is 8.78 Å². The first-order valence-electron chi connectivity index (χ1n) is 4.89. The lowest BCUT2D eigenvalue weighted by molar-refractivity contribution is -0.143. The fourth-order valence-electron chi connectivity index (χ4n) is 1.88. The molecule has 1 aliphatic rings. The van der Waals surface area contributed by atoms with Crippen LogP contribution >= 0.6 is 0 Å². The minimum absolute atomic E-state index is 0.0232. The van der Waals surface area contributed by atoms with E-state index in [2.05, 4.69) is 0 Å². The van der Waals surface area contributed by atoms with E-state index >= 15 is 0 Å². The van der Waals surface area contributed by atoms with E-state index in [1.165, 1.54) is 0 Å². The van der Waals surface area contributed by atoms with Crippen LogP contribution in [0.15, 0.2) is 18.2 Å². The molecule has 1 aromatic rings. The van der Waals surface area contributed by atoms with Crippen molar-refractivity contribution >= 4 is 5.97 Å². The number of hydrogen-bond donors (Lipinski definition) is 1. The molecular formula is C11H10F2O3. The topological polar surface area (TPSA) is 46.5 Å². The summed E-state index contributed by atoms with van der Waals surface area (Å²) < 4.78 is 31.5. The lowest BCUT2D eigenvalue weighted by Crippen LogP contribution is -2.18. The van der Waals surface area contributed by atoms with E-state index in [4.69, 9.17) is 9.84 Å². The lowest BCUT2D eigenvalue weighted by atomic mass is 9.95. The van der Waals surface area contributed by atoms with Crippen LogP contribution in [0.4, 0.5) is 8.78 Å². The second-order valence-corrected chi connectivity index (χ2v) is 3.69. The van der Waals surface area contributed by atoms with Crippen molar-refractivity contribution in [2.24, 2.45) is 5.92 Å². The summed E-state index contributed by atoms with van der Waals surface area (Å²) in [5.74, 6) is -3.10. The van der Waals surface area contributed by atoms with Crippen LogP contribution in [-0.4, -0.2) is 17.7 Å². The number of hydrogen-bond acceptors (Lipinski definition) is 2. The Kier molecular flexibility index (Phi) is 2.87. The Bertz CT molecular complexity index is 420. The summed E-state index contributed by atoms with van der Waals surface area (Å²) in [6.07, 6.45) is -0.580. The van der Waals surface area contributed by atoms with E-state index in [0.717, 1.165) is 18.2 Å². The number of aliphatic carboxylic acids is 1. The molecule has 3 nitrogen and oxygen atoms in total. The highest BCUT2D eigenvalue weighted by atomic mass is 19.1. The van der Waals surface area contributed by atoms with Gasteiger partial charge in [-0.15, -0.1) is 0 Å². The number of benzene rings is 1. The van der Waals surface area contributed by atoms with Gasteiger partial charge in [0.1, 0.15) is 11.6 Å². The molecule has 0 radical (unpaired) electrons. The third-order valence-corrected chi connectivity index (χ3v) is 2.67. The molecular weight excluding hydrogens is 218 g/mol. The van der Waals surface area contributed by atoms with Crippen molar-refractivity contribution in [1.29, 1.82) is 0 Å². The highest BCUT2D eigenvalue weighted by Crippen LogP contribution is 2.36. The second-order valence-electron chi connectivity index (χ2n) is 3.69. The van der Waals surface area contributed by atoms with E-state index in [1.54, 1.807) is 0 Å². The molecule has 0 amide bonds. The Morgan fingerprint density at radius 2 is 2.19 bits per heavy atom. The smallest absolute Gasteiger partial charge is 0.309 e. The Morgan fingerprint density at radius 3 is 2.88 bits per heavy atom. The number of carbonyl (C=O) groups is 1.